The second-order valence-electron chi connectivity index (χ2n) is 10.3. The van der Waals surface area contributed by atoms with Crippen LogP contribution in [0.25, 0.3) is 11.4 Å². The molecule has 0 bridgehead atoms. The average Bonchev–Trinajstić information content (AvgIpc) is 3.04. The predicted octanol–water partition coefficient (Wildman–Crippen LogP) is 6.41. The number of fused-ring (bicyclic) bond motifs is 1. The van der Waals surface area contributed by atoms with Crippen molar-refractivity contribution >= 4 is 11.8 Å². The Bertz CT molecular complexity index is 1800. The van der Waals surface area contributed by atoms with Crippen molar-refractivity contribution in [3.8, 4) is 22.9 Å². The average molecular weight is 611 g/mol. The third kappa shape index (κ3) is 7.32. The fourth-order valence-corrected chi connectivity index (χ4v) is 5.76. The van der Waals surface area contributed by atoms with Crippen LogP contribution in [0.15, 0.2) is 101 Å². The van der Waals surface area contributed by atoms with Gasteiger partial charge in [-0.1, -0.05) is 66.4 Å². The van der Waals surface area contributed by atoms with Crippen LogP contribution in [0.1, 0.15) is 34.9 Å². The van der Waals surface area contributed by atoms with Crippen LogP contribution in [0, 0.1) is 12.7 Å². The van der Waals surface area contributed by atoms with E-state index in [0.717, 1.165) is 16.8 Å². The van der Waals surface area contributed by atoms with E-state index in [9.17, 15) is 9.18 Å². The Morgan fingerprint density at radius 3 is 2.55 bits per heavy atom. The molecule has 5 aromatic rings. The summed E-state index contributed by atoms with van der Waals surface area (Å²) in [6, 6.07) is 27.3. The highest BCUT2D eigenvalue weighted by molar-refractivity contribution is 7.99. The van der Waals surface area contributed by atoms with E-state index >= 15 is 0 Å². The van der Waals surface area contributed by atoms with Gasteiger partial charge in [0.05, 0.1) is 24.9 Å². The molecule has 0 spiro atoms. The Morgan fingerprint density at radius 2 is 1.70 bits per heavy atom. The number of hydrogen-bond acceptors (Lipinski definition) is 8. The molecule has 1 atom stereocenters. The van der Waals surface area contributed by atoms with E-state index in [1.165, 1.54) is 28.6 Å². The van der Waals surface area contributed by atoms with Crippen LogP contribution in [0.4, 0.5) is 4.39 Å². The van der Waals surface area contributed by atoms with Gasteiger partial charge in [-0.2, -0.15) is 5.10 Å². The molecule has 3 heterocycles. The number of nitrogens with zero attached hydrogens (tertiary/aromatic N) is 4. The van der Waals surface area contributed by atoms with Gasteiger partial charge < -0.3 is 14.2 Å². The third-order valence-corrected chi connectivity index (χ3v) is 7.96. The van der Waals surface area contributed by atoms with E-state index in [1.54, 1.807) is 24.3 Å². The lowest BCUT2D eigenvalue weighted by Gasteiger charge is -2.19. The minimum absolute atomic E-state index is 0.176. The quantitative estimate of drug-likeness (QED) is 0.125. The van der Waals surface area contributed by atoms with E-state index < -0.39 is 0 Å². The van der Waals surface area contributed by atoms with Gasteiger partial charge in [-0.3, -0.25) is 4.79 Å². The number of ether oxygens (including phenoxy) is 3. The normalized spacial score (nSPS) is 13.0. The van der Waals surface area contributed by atoms with Gasteiger partial charge in [-0.05, 0) is 54.8 Å². The van der Waals surface area contributed by atoms with Gasteiger partial charge in [0.25, 0.3) is 5.56 Å². The predicted molar refractivity (Wildman–Crippen MR) is 167 cm³/mol. The Morgan fingerprint density at radius 1 is 0.909 bits per heavy atom. The molecule has 0 saturated heterocycles. The van der Waals surface area contributed by atoms with Crippen LogP contribution in [0.3, 0.4) is 0 Å². The lowest BCUT2D eigenvalue weighted by Crippen LogP contribution is -2.23. The molecule has 0 aliphatic carbocycles. The third-order valence-electron chi connectivity index (χ3n) is 7.08. The molecule has 0 N–H and O–H groups in total. The number of benzene rings is 3. The zero-order chi connectivity index (χ0) is 30.3. The SMILES string of the molecule is Cc1cc(-c2ccc(=O)n(Cc3ccc4c(c3)OCCO4)n2)nc(SCCC(OCc2ccccc2F)c2ccccc2)n1. The zero-order valence-electron chi connectivity index (χ0n) is 24.2. The lowest BCUT2D eigenvalue weighted by molar-refractivity contribution is 0.0364. The molecular formula is C34H31FN4O4S. The number of thioether (sulfide) groups is 1. The first kappa shape index (κ1) is 29.5. The van der Waals surface area contributed by atoms with Crippen LogP contribution in [0.2, 0.25) is 0 Å². The molecule has 10 heteroatoms. The molecule has 224 valence electrons. The summed E-state index contributed by atoms with van der Waals surface area (Å²) in [5, 5.41) is 5.23. The summed E-state index contributed by atoms with van der Waals surface area (Å²) >= 11 is 1.52. The summed E-state index contributed by atoms with van der Waals surface area (Å²) in [4.78, 5) is 22.1. The Labute approximate surface area is 258 Å². The highest BCUT2D eigenvalue weighted by atomic mass is 32.2. The van der Waals surface area contributed by atoms with Crippen LogP contribution >= 0.6 is 11.8 Å². The summed E-state index contributed by atoms with van der Waals surface area (Å²) in [5.74, 6) is 1.76. The van der Waals surface area contributed by atoms with Gasteiger partial charge >= 0.3 is 0 Å². The largest absolute Gasteiger partial charge is 0.486 e. The van der Waals surface area contributed by atoms with Crippen molar-refractivity contribution in [3.05, 3.63) is 130 Å². The molecule has 1 unspecified atom stereocenters. The van der Waals surface area contributed by atoms with Gasteiger partial charge in [0.15, 0.2) is 16.7 Å². The highest BCUT2D eigenvalue weighted by Crippen LogP contribution is 2.31. The summed E-state index contributed by atoms with van der Waals surface area (Å²) in [7, 11) is 0. The minimum Gasteiger partial charge on any atom is -0.486 e. The molecule has 0 fully saturated rings. The summed E-state index contributed by atoms with van der Waals surface area (Å²) in [6.45, 7) is 3.37. The maximum Gasteiger partial charge on any atom is 0.267 e. The minimum atomic E-state index is -0.277. The maximum atomic E-state index is 14.2. The number of hydrogen-bond donors (Lipinski definition) is 0. The molecule has 2 aromatic heterocycles. The van der Waals surface area contributed by atoms with Crippen molar-refractivity contribution in [1.82, 2.24) is 19.7 Å². The van der Waals surface area contributed by atoms with Crippen LogP contribution in [0.5, 0.6) is 11.5 Å². The number of aryl methyl sites for hydroxylation is 1. The van der Waals surface area contributed by atoms with E-state index in [1.807, 2.05) is 61.5 Å². The monoisotopic (exact) mass is 610 g/mol. The summed E-state index contributed by atoms with van der Waals surface area (Å²) < 4.78 is 33.1. The van der Waals surface area contributed by atoms with Crippen molar-refractivity contribution in [1.29, 1.82) is 0 Å². The first-order valence-corrected chi connectivity index (χ1v) is 15.4. The smallest absolute Gasteiger partial charge is 0.267 e. The van der Waals surface area contributed by atoms with Gasteiger partial charge in [0.1, 0.15) is 24.7 Å². The van der Waals surface area contributed by atoms with E-state index in [-0.39, 0.29) is 30.6 Å². The lowest BCUT2D eigenvalue weighted by atomic mass is 10.1. The van der Waals surface area contributed by atoms with E-state index in [4.69, 9.17) is 19.2 Å². The van der Waals surface area contributed by atoms with Crippen molar-refractivity contribution in [2.45, 2.75) is 37.8 Å². The van der Waals surface area contributed by atoms with Crippen LogP contribution in [-0.2, 0) is 17.9 Å². The van der Waals surface area contributed by atoms with Gasteiger partial charge in [0, 0.05) is 23.1 Å². The maximum absolute atomic E-state index is 14.2. The fourth-order valence-electron chi connectivity index (χ4n) is 4.87. The zero-order valence-corrected chi connectivity index (χ0v) is 25.0. The molecule has 1 aliphatic rings. The second-order valence-corrected chi connectivity index (χ2v) is 11.4. The number of rotatable bonds is 11. The van der Waals surface area contributed by atoms with Crippen molar-refractivity contribution in [2.75, 3.05) is 19.0 Å². The van der Waals surface area contributed by atoms with Crippen molar-refractivity contribution in [3.63, 3.8) is 0 Å². The van der Waals surface area contributed by atoms with Gasteiger partial charge in [-0.25, -0.2) is 19.0 Å². The molecule has 8 nitrogen and oxygen atoms in total. The molecule has 6 rings (SSSR count). The molecular weight excluding hydrogens is 579 g/mol. The van der Waals surface area contributed by atoms with Crippen molar-refractivity contribution < 1.29 is 18.6 Å². The first-order chi connectivity index (χ1) is 21.5. The number of halogens is 1. The summed E-state index contributed by atoms with van der Waals surface area (Å²) in [6.07, 6.45) is 0.451. The molecule has 44 heavy (non-hydrogen) atoms. The van der Waals surface area contributed by atoms with Gasteiger partial charge in [0.2, 0.25) is 0 Å². The Balaban J connectivity index is 1.15. The fraction of sp³-hybridized carbons (Fsp3) is 0.235. The standard InChI is InChI=1S/C34H31FN4O4S/c1-23-19-29(28-12-14-33(40)39(38-28)21-24-11-13-31-32(20-24)42-17-16-41-31)37-34(36-23)44-18-15-30(25-7-3-2-4-8-25)43-22-26-9-5-6-10-27(26)35/h2-14,19-20,30H,15-18,21-22H2,1H3. The molecule has 0 amide bonds. The van der Waals surface area contributed by atoms with Crippen LogP contribution in [-0.4, -0.2) is 38.7 Å². The molecule has 0 saturated carbocycles. The van der Waals surface area contributed by atoms with Crippen LogP contribution < -0.4 is 15.0 Å². The Hall–Kier alpha value is -4.54. The van der Waals surface area contributed by atoms with Crippen molar-refractivity contribution in [2.24, 2.45) is 0 Å². The van der Waals surface area contributed by atoms with Gasteiger partial charge in [-0.15, -0.1) is 0 Å². The van der Waals surface area contributed by atoms with E-state index in [2.05, 4.69) is 10.1 Å². The second kappa shape index (κ2) is 13.8. The van der Waals surface area contributed by atoms with E-state index in [0.29, 0.717) is 59.0 Å². The summed E-state index contributed by atoms with van der Waals surface area (Å²) in [5.41, 5.74) is 4.21. The molecule has 0 radical (unpaired) electrons. The molecule has 1 aliphatic heterocycles. The molecule has 3 aromatic carbocycles. The first-order valence-electron chi connectivity index (χ1n) is 14.4. The number of aromatic nitrogens is 4. The topological polar surface area (TPSA) is 88.4 Å². The highest BCUT2D eigenvalue weighted by Gasteiger charge is 2.16. The Kier molecular flexibility index (Phi) is 9.28.